The Morgan fingerprint density at radius 1 is 1.10 bits per heavy atom. The van der Waals surface area contributed by atoms with Crippen LogP contribution < -0.4 is 5.32 Å². The van der Waals surface area contributed by atoms with E-state index in [0.717, 1.165) is 5.56 Å². The highest BCUT2D eigenvalue weighted by Crippen LogP contribution is 2.15. The Morgan fingerprint density at radius 2 is 1.80 bits per heavy atom. The summed E-state index contributed by atoms with van der Waals surface area (Å²) < 4.78 is 0. The molecule has 20 heavy (non-hydrogen) atoms. The number of carbonyl (C=O) groups is 2. The van der Waals surface area contributed by atoms with E-state index in [4.69, 9.17) is 5.11 Å². The van der Waals surface area contributed by atoms with Gasteiger partial charge in [-0.15, -0.1) is 0 Å². The van der Waals surface area contributed by atoms with E-state index < -0.39 is 5.97 Å². The average molecular weight is 269 g/mol. The second-order valence-corrected chi connectivity index (χ2v) is 4.55. The zero-order valence-corrected chi connectivity index (χ0v) is 11.1. The minimum Gasteiger partial charge on any atom is -0.478 e. The van der Waals surface area contributed by atoms with Crippen LogP contribution in [0, 0.1) is 6.92 Å². The molecule has 0 saturated heterocycles. The third-order valence-electron chi connectivity index (χ3n) is 2.95. The number of carboxylic acid groups (broad SMARTS) is 1. The summed E-state index contributed by atoms with van der Waals surface area (Å²) in [7, 11) is 0. The molecule has 4 nitrogen and oxygen atoms in total. The first kappa shape index (κ1) is 13.8. The fourth-order valence-corrected chi connectivity index (χ4v) is 1.97. The van der Waals surface area contributed by atoms with Crippen LogP contribution in [0.25, 0.3) is 0 Å². The van der Waals surface area contributed by atoms with Crippen LogP contribution in [0.5, 0.6) is 0 Å². The predicted molar refractivity (Wildman–Crippen MR) is 76.9 cm³/mol. The van der Waals surface area contributed by atoms with E-state index >= 15 is 0 Å². The van der Waals surface area contributed by atoms with E-state index in [1.54, 1.807) is 19.1 Å². The molecular weight excluding hydrogens is 254 g/mol. The molecule has 2 N–H and O–H groups in total. The number of rotatable bonds is 4. The van der Waals surface area contributed by atoms with Crippen molar-refractivity contribution in [1.82, 2.24) is 0 Å². The molecule has 0 saturated carbocycles. The average Bonchev–Trinajstić information content (AvgIpc) is 2.39. The monoisotopic (exact) mass is 269 g/mol. The van der Waals surface area contributed by atoms with Crippen molar-refractivity contribution >= 4 is 17.6 Å². The Hall–Kier alpha value is -2.62. The summed E-state index contributed by atoms with van der Waals surface area (Å²) in [6.45, 7) is 1.70. The lowest BCUT2D eigenvalue weighted by molar-refractivity contribution is -0.115. The Bertz CT molecular complexity index is 635. The molecule has 0 aromatic heterocycles. The highest BCUT2D eigenvalue weighted by atomic mass is 16.4. The number of carbonyl (C=O) groups excluding carboxylic acids is 1. The Kier molecular flexibility index (Phi) is 4.15. The lowest BCUT2D eigenvalue weighted by atomic mass is 10.1. The molecule has 0 aliphatic carbocycles. The molecule has 4 heteroatoms. The second kappa shape index (κ2) is 6.02. The summed E-state index contributed by atoms with van der Waals surface area (Å²) in [4.78, 5) is 22.8. The zero-order valence-electron chi connectivity index (χ0n) is 11.1. The molecule has 1 amide bonds. The maximum atomic E-state index is 11.9. The largest absolute Gasteiger partial charge is 0.478 e. The van der Waals surface area contributed by atoms with Crippen LogP contribution in [-0.2, 0) is 11.2 Å². The number of benzene rings is 2. The molecule has 0 bridgehead atoms. The number of amides is 1. The summed E-state index contributed by atoms with van der Waals surface area (Å²) in [6, 6.07) is 14.2. The van der Waals surface area contributed by atoms with Crippen LogP contribution in [-0.4, -0.2) is 17.0 Å². The molecule has 0 unspecified atom stereocenters. The first-order valence-corrected chi connectivity index (χ1v) is 6.24. The standard InChI is InChI=1S/C16H15NO3/c1-11-9-13(7-8-14(11)16(19)20)17-15(18)10-12-5-3-2-4-6-12/h2-9H,10H2,1H3,(H,17,18)(H,19,20). The van der Waals surface area contributed by atoms with E-state index in [2.05, 4.69) is 5.32 Å². The Balaban J connectivity index is 2.05. The van der Waals surface area contributed by atoms with Gasteiger partial charge >= 0.3 is 5.97 Å². The van der Waals surface area contributed by atoms with Crippen molar-refractivity contribution in [3.05, 3.63) is 65.2 Å². The SMILES string of the molecule is Cc1cc(NC(=O)Cc2ccccc2)ccc1C(=O)O. The van der Waals surface area contributed by atoms with Gasteiger partial charge in [0.2, 0.25) is 5.91 Å². The molecule has 0 fully saturated rings. The molecule has 2 rings (SSSR count). The van der Waals surface area contributed by atoms with Gasteiger partial charge in [0.15, 0.2) is 0 Å². The van der Waals surface area contributed by atoms with E-state index in [0.29, 0.717) is 17.7 Å². The normalized spacial score (nSPS) is 10.1. The zero-order chi connectivity index (χ0) is 14.5. The van der Waals surface area contributed by atoms with Gasteiger partial charge in [0.05, 0.1) is 12.0 Å². The number of aromatic carboxylic acids is 1. The quantitative estimate of drug-likeness (QED) is 0.896. The predicted octanol–water partition coefficient (Wildman–Crippen LogP) is 2.87. The Morgan fingerprint density at radius 3 is 2.40 bits per heavy atom. The van der Waals surface area contributed by atoms with Crippen molar-refractivity contribution in [3.8, 4) is 0 Å². The maximum absolute atomic E-state index is 11.9. The van der Waals surface area contributed by atoms with Gasteiger partial charge in [-0.3, -0.25) is 4.79 Å². The van der Waals surface area contributed by atoms with Crippen molar-refractivity contribution in [2.24, 2.45) is 0 Å². The summed E-state index contributed by atoms with van der Waals surface area (Å²) in [5.41, 5.74) is 2.40. The molecule has 2 aromatic rings. The minimum atomic E-state index is -0.968. The van der Waals surface area contributed by atoms with Crippen LogP contribution in [0.15, 0.2) is 48.5 Å². The summed E-state index contributed by atoms with van der Waals surface area (Å²) >= 11 is 0. The van der Waals surface area contributed by atoms with Crippen molar-refractivity contribution in [1.29, 1.82) is 0 Å². The molecular formula is C16H15NO3. The van der Waals surface area contributed by atoms with Crippen molar-refractivity contribution in [3.63, 3.8) is 0 Å². The Labute approximate surface area is 117 Å². The molecule has 0 heterocycles. The highest BCUT2D eigenvalue weighted by molar-refractivity contribution is 5.94. The molecule has 0 aliphatic heterocycles. The number of aryl methyl sites for hydroxylation is 1. The topological polar surface area (TPSA) is 66.4 Å². The van der Waals surface area contributed by atoms with Crippen LogP contribution in [0.3, 0.4) is 0 Å². The summed E-state index contributed by atoms with van der Waals surface area (Å²) in [5.74, 6) is -1.09. The molecule has 0 atom stereocenters. The van der Waals surface area contributed by atoms with Crippen molar-refractivity contribution in [2.45, 2.75) is 13.3 Å². The number of hydrogen-bond acceptors (Lipinski definition) is 2. The van der Waals surface area contributed by atoms with Gasteiger partial charge in [0.1, 0.15) is 0 Å². The van der Waals surface area contributed by atoms with E-state index in [1.165, 1.54) is 6.07 Å². The van der Waals surface area contributed by atoms with Gasteiger partial charge in [0.25, 0.3) is 0 Å². The second-order valence-electron chi connectivity index (χ2n) is 4.55. The van der Waals surface area contributed by atoms with E-state index in [1.807, 2.05) is 30.3 Å². The smallest absolute Gasteiger partial charge is 0.335 e. The van der Waals surface area contributed by atoms with Gasteiger partial charge in [-0.25, -0.2) is 4.79 Å². The van der Waals surface area contributed by atoms with Gasteiger partial charge in [0, 0.05) is 5.69 Å². The van der Waals surface area contributed by atoms with Crippen molar-refractivity contribution in [2.75, 3.05) is 5.32 Å². The van der Waals surface area contributed by atoms with Crippen LogP contribution in [0.2, 0.25) is 0 Å². The number of anilines is 1. The van der Waals surface area contributed by atoms with Crippen molar-refractivity contribution < 1.29 is 14.7 Å². The molecule has 0 spiro atoms. The van der Waals surface area contributed by atoms with Crippen LogP contribution >= 0.6 is 0 Å². The van der Waals surface area contributed by atoms with E-state index in [-0.39, 0.29) is 11.5 Å². The van der Waals surface area contributed by atoms with Gasteiger partial charge in [-0.2, -0.15) is 0 Å². The van der Waals surface area contributed by atoms with Crippen LogP contribution in [0.1, 0.15) is 21.5 Å². The van der Waals surface area contributed by atoms with E-state index in [9.17, 15) is 9.59 Å². The first-order valence-electron chi connectivity index (χ1n) is 6.24. The minimum absolute atomic E-state index is 0.126. The number of carboxylic acids is 1. The third-order valence-corrected chi connectivity index (χ3v) is 2.95. The number of nitrogens with one attached hydrogen (secondary N) is 1. The number of hydrogen-bond donors (Lipinski definition) is 2. The maximum Gasteiger partial charge on any atom is 0.335 e. The summed E-state index contributed by atoms with van der Waals surface area (Å²) in [6.07, 6.45) is 0.292. The van der Waals surface area contributed by atoms with Crippen LogP contribution in [0.4, 0.5) is 5.69 Å². The fraction of sp³-hybridized carbons (Fsp3) is 0.125. The third kappa shape index (κ3) is 3.45. The molecule has 0 radical (unpaired) electrons. The van der Waals surface area contributed by atoms with Gasteiger partial charge in [-0.1, -0.05) is 30.3 Å². The van der Waals surface area contributed by atoms with Gasteiger partial charge < -0.3 is 10.4 Å². The highest BCUT2D eigenvalue weighted by Gasteiger charge is 2.09. The molecule has 2 aromatic carbocycles. The van der Waals surface area contributed by atoms with Gasteiger partial charge in [-0.05, 0) is 36.2 Å². The molecule has 0 aliphatic rings. The molecule has 102 valence electrons. The first-order chi connectivity index (χ1) is 9.56. The lowest BCUT2D eigenvalue weighted by Crippen LogP contribution is -2.14. The fourth-order valence-electron chi connectivity index (χ4n) is 1.97. The summed E-state index contributed by atoms with van der Waals surface area (Å²) in [5, 5.41) is 11.7. The lowest BCUT2D eigenvalue weighted by Gasteiger charge is -2.08.